The van der Waals surface area contributed by atoms with Crippen molar-refractivity contribution in [2.75, 3.05) is 14.2 Å². The van der Waals surface area contributed by atoms with Gasteiger partial charge in [0, 0.05) is 13.1 Å². The molecule has 2 unspecified atom stereocenters. The van der Waals surface area contributed by atoms with Gasteiger partial charge in [0.2, 0.25) is 0 Å². The molecule has 0 heterocycles. The molecule has 0 aliphatic heterocycles. The number of methoxy groups -OCH3 is 2. The number of hydrogen-bond donors (Lipinski definition) is 4. The van der Waals surface area contributed by atoms with Crippen LogP contribution in [0.1, 0.15) is 37.8 Å². The summed E-state index contributed by atoms with van der Waals surface area (Å²) in [7, 11) is 2.53. The lowest BCUT2D eigenvalue weighted by molar-refractivity contribution is -0.143. The molecule has 0 fully saturated rings. The lowest BCUT2D eigenvalue weighted by Crippen LogP contribution is -2.46. The van der Waals surface area contributed by atoms with Crippen LogP contribution in [0.5, 0.6) is 0 Å². The molecule has 1 rings (SSSR count). The van der Waals surface area contributed by atoms with E-state index in [4.69, 9.17) is 0 Å². The van der Waals surface area contributed by atoms with E-state index >= 15 is 0 Å². The van der Waals surface area contributed by atoms with Crippen LogP contribution in [-0.2, 0) is 32.2 Å². The predicted molar refractivity (Wildman–Crippen MR) is 109 cm³/mol. The van der Waals surface area contributed by atoms with Crippen molar-refractivity contribution in [3.05, 3.63) is 35.4 Å². The molecule has 30 heavy (non-hydrogen) atoms. The highest BCUT2D eigenvalue weighted by Crippen LogP contribution is 2.05. The maximum absolute atomic E-state index is 12.0. The highest BCUT2D eigenvalue weighted by atomic mass is 16.5. The first-order chi connectivity index (χ1) is 14.3. The molecule has 0 spiro atoms. The molecule has 0 aliphatic carbocycles. The third-order valence-electron chi connectivity index (χ3n) is 4.30. The first-order valence-electron chi connectivity index (χ1n) is 9.66. The Labute approximate surface area is 176 Å². The zero-order valence-corrected chi connectivity index (χ0v) is 17.7. The van der Waals surface area contributed by atoms with Crippen molar-refractivity contribution < 1.29 is 28.7 Å². The number of amides is 4. The number of rotatable bonds is 10. The first kappa shape index (κ1) is 24.7. The van der Waals surface area contributed by atoms with Crippen molar-refractivity contribution in [2.45, 2.75) is 51.9 Å². The molecule has 2 atom stereocenters. The quantitative estimate of drug-likeness (QED) is 0.418. The molecule has 10 nitrogen and oxygen atoms in total. The number of esters is 2. The van der Waals surface area contributed by atoms with Gasteiger partial charge in [-0.3, -0.25) is 0 Å². The Kier molecular flexibility index (Phi) is 10.7. The summed E-state index contributed by atoms with van der Waals surface area (Å²) in [6.07, 6.45) is 0.830. The predicted octanol–water partition coefficient (Wildman–Crippen LogP) is 1.19. The Morgan fingerprint density at radius 3 is 1.53 bits per heavy atom. The minimum atomic E-state index is -0.707. The van der Waals surface area contributed by atoms with Gasteiger partial charge >= 0.3 is 24.0 Å². The van der Waals surface area contributed by atoms with E-state index in [9.17, 15) is 19.2 Å². The average Bonchev–Trinajstić information content (AvgIpc) is 2.77. The number of nitrogens with one attached hydrogen (secondary N) is 4. The maximum Gasteiger partial charge on any atom is 0.328 e. The van der Waals surface area contributed by atoms with Gasteiger partial charge in [0.1, 0.15) is 12.1 Å². The zero-order valence-electron chi connectivity index (χ0n) is 17.7. The Hall–Kier alpha value is -3.30. The molecule has 0 saturated carbocycles. The molecule has 0 aromatic heterocycles. The van der Waals surface area contributed by atoms with Crippen LogP contribution < -0.4 is 21.3 Å². The van der Waals surface area contributed by atoms with Crippen LogP contribution in [0.15, 0.2) is 24.3 Å². The van der Waals surface area contributed by atoms with Crippen molar-refractivity contribution in [1.29, 1.82) is 0 Å². The van der Waals surface area contributed by atoms with E-state index in [-0.39, 0.29) is 13.1 Å². The lowest BCUT2D eigenvalue weighted by Gasteiger charge is -2.16. The number of carbonyl (C=O) groups is 4. The average molecular weight is 422 g/mol. The molecule has 0 bridgehead atoms. The highest BCUT2D eigenvalue weighted by molar-refractivity contribution is 5.84. The molecule has 10 heteroatoms. The fourth-order valence-corrected chi connectivity index (χ4v) is 2.57. The van der Waals surface area contributed by atoms with Crippen LogP contribution in [0.3, 0.4) is 0 Å². The number of carbonyl (C=O) groups excluding carboxylic acids is 4. The molecule has 4 amide bonds. The first-order valence-corrected chi connectivity index (χ1v) is 9.66. The van der Waals surface area contributed by atoms with Crippen LogP contribution >= 0.6 is 0 Å². The molecule has 0 aliphatic rings. The van der Waals surface area contributed by atoms with Gasteiger partial charge in [-0.2, -0.15) is 0 Å². The smallest absolute Gasteiger partial charge is 0.328 e. The summed E-state index contributed by atoms with van der Waals surface area (Å²) in [5.41, 5.74) is 1.63. The summed E-state index contributed by atoms with van der Waals surface area (Å²) in [6, 6.07) is 4.90. The van der Waals surface area contributed by atoms with Gasteiger partial charge in [-0.1, -0.05) is 38.1 Å². The minimum absolute atomic E-state index is 0.240. The van der Waals surface area contributed by atoms with E-state index in [0.29, 0.717) is 12.8 Å². The molecule has 0 radical (unpaired) electrons. The van der Waals surface area contributed by atoms with E-state index in [1.54, 1.807) is 19.9 Å². The topological polar surface area (TPSA) is 135 Å². The standard InChI is InChI=1S/C20H30N4O6/c1-5-15(17(25)29-3)23-19(27)21-11-13-8-7-9-14(10-13)12-22-20(28)24-16(6-2)18(26)30-4/h7-10,15-16H,5-6,11-12H2,1-4H3,(H2,21,23,27)(H2,22,24,28). The molecule has 4 N–H and O–H groups in total. The summed E-state index contributed by atoms with van der Waals surface area (Å²) in [5.74, 6) is -1.01. The van der Waals surface area contributed by atoms with Gasteiger partial charge in [0.15, 0.2) is 0 Å². The van der Waals surface area contributed by atoms with Gasteiger partial charge in [-0.15, -0.1) is 0 Å². The Morgan fingerprint density at radius 2 is 1.20 bits per heavy atom. The van der Waals surface area contributed by atoms with Crippen LogP contribution in [0, 0.1) is 0 Å². The third-order valence-corrected chi connectivity index (χ3v) is 4.30. The number of hydrogen-bond acceptors (Lipinski definition) is 6. The van der Waals surface area contributed by atoms with Crippen LogP contribution in [0.4, 0.5) is 9.59 Å². The van der Waals surface area contributed by atoms with Crippen molar-refractivity contribution in [2.24, 2.45) is 0 Å². The number of benzene rings is 1. The minimum Gasteiger partial charge on any atom is -0.467 e. The summed E-state index contributed by atoms with van der Waals surface area (Å²) in [6.45, 7) is 4.01. The van der Waals surface area contributed by atoms with Gasteiger partial charge in [0.25, 0.3) is 0 Å². The second kappa shape index (κ2) is 13.0. The van der Waals surface area contributed by atoms with E-state index < -0.39 is 36.1 Å². The van der Waals surface area contributed by atoms with Crippen molar-refractivity contribution >= 4 is 24.0 Å². The monoisotopic (exact) mass is 422 g/mol. The van der Waals surface area contributed by atoms with Crippen LogP contribution in [0.25, 0.3) is 0 Å². The Balaban J connectivity index is 2.52. The number of ether oxygens (including phenoxy) is 2. The number of urea groups is 2. The summed E-state index contributed by atoms with van der Waals surface area (Å²) in [5, 5.41) is 10.5. The lowest BCUT2D eigenvalue weighted by atomic mass is 10.1. The van der Waals surface area contributed by atoms with Gasteiger partial charge in [0.05, 0.1) is 14.2 Å². The Morgan fingerprint density at radius 1 is 0.800 bits per heavy atom. The van der Waals surface area contributed by atoms with Crippen LogP contribution in [-0.4, -0.2) is 50.3 Å². The second-order valence-electron chi connectivity index (χ2n) is 6.44. The third kappa shape index (κ3) is 8.38. The fourth-order valence-electron chi connectivity index (χ4n) is 2.57. The fraction of sp³-hybridized carbons (Fsp3) is 0.500. The molecule has 0 saturated heterocycles. The zero-order chi connectivity index (χ0) is 22.5. The van der Waals surface area contributed by atoms with Gasteiger partial charge in [-0.05, 0) is 24.0 Å². The molecular weight excluding hydrogens is 392 g/mol. The summed E-state index contributed by atoms with van der Waals surface area (Å²) >= 11 is 0. The van der Waals surface area contributed by atoms with Crippen molar-refractivity contribution in [1.82, 2.24) is 21.3 Å². The van der Waals surface area contributed by atoms with Crippen LogP contribution in [0.2, 0.25) is 0 Å². The molecule has 1 aromatic rings. The Bertz CT molecular complexity index is 683. The molecule has 166 valence electrons. The highest BCUT2D eigenvalue weighted by Gasteiger charge is 2.20. The molecular formula is C20H30N4O6. The van der Waals surface area contributed by atoms with E-state index in [0.717, 1.165) is 11.1 Å². The van der Waals surface area contributed by atoms with Crippen molar-refractivity contribution in [3.63, 3.8) is 0 Å². The van der Waals surface area contributed by atoms with Gasteiger partial charge in [-0.25, -0.2) is 19.2 Å². The van der Waals surface area contributed by atoms with Gasteiger partial charge < -0.3 is 30.7 Å². The largest absolute Gasteiger partial charge is 0.467 e. The summed E-state index contributed by atoms with van der Waals surface area (Å²) in [4.78, 5) is 47.0. The normalized spacial score (nSPS) is 12.1. The maximum atomic E-state index is 12.0. The van der Waals surface area contributed by atoms with E-state index in [1.807, 2.05) is 18.2 Å². The van der Waals surface area contributed by atoms with E-state index in [1.165, 1.54) is 14.2 Å². The summed E-state index contributed by atoms with van der Waals surface area (Å²) < 4.78 is 9.27. The second-order valence-corrected chi connectivity index (χ2v) is 6.44. The SMILES string of the molecule is CCC(NC(=O)NCc1cccc(CNC(=O)NC(CC)C(=O)OC)c1)C(=O)OC. The van der Waals surface area contributed by atoms with Crippen molar-refractivity contribution in [3.8, 4) is 0 Å². The molecule has 1 aromatic carbocycles. The van der Waals surface area contributed by atoms with E-state index in [2.05, 4.69) is 30.7 Å².